The van der Waals surface area contributed by atoms with Crippen LogP contribution in [0.25, 0.3) is 0 Å². The summed E-state index contributed by atoms with van der Waals surface area (Å²) in [7, 11) is -3.83. The van der Waals surface area contributed by atoms with Crippen molar-refractivity contribution in [2.24, 2.45) is 5.14 Å². The summed E-state index contributed by atoms with van der Waals surface area (Å²) in [6.45, 7) is 0. The number of hydrogen-bond acceptors (Lipinski definition) is 4. The number of alkyl halides is 1. The van der Waals surface area contributed by atoms with Crippen LogP contribution in [-0.2, 0) is 15.7 Å². The molecule has 1 heterocycles. The maximum atomic E-state index is 14.8. The van der Waals surface area contributed by atoms with Crippen molar-refractivity contribution in [2.45, 2.75) is 28.8 Å². The third-order valence-electron chi connectivity index (χ3n) is 3.94. The van der Waals surface area contributed by atoms with Gasteiger partial charge in [0, 0.05) is 29.3 Å². The van der Waals surface area contributed by atoms with Gasteiger partial charge in [0.25, 0.3) is 5.91 Å². The van der Waals surface area contributed by atoms with Gasteiger partial charge in [-0.3, -0.25) is 4.79 Å². The number of nitrogens with one attached hydrogen (secondary N) is 1. The number of benzene rings is 1. The first kappa shape index (κ1) is 17.3. The van der Waals surface area contributed by atoms with Crippen LogP contribution < -0.4 is 10.5 Å². The third kappa shape index (κ3) is 3.46. The van der Waals surface area contributed by atoms with Crippen LogP contribution in [0.5, 0.6) is 0 Å². The van der Waals surface area contributed by atoms with E-state index in [1.165, 1.54) is 11.4 Å². The molecule has 1 saturated carbocycles. The van der Waals surface area contributed by atoms with Crippen molar-refractivity contribution in [3.05, 3.63) is 51.9 Å². The molecule has 1 aromatic heterocycles. The van der Waals surface area contributed by atoms with Crippen molar-refractivity contribution in [1.29, 1.82) is 0 Å². The Labute approximate surface area is 147 Å². The molecular formula is C15H14ClFN2O3S2. The molecule has 0 radical (unpaired) electrons. The predicted molar refractivity (Wildman–Crippen MR) is 90.4 cm³/mol. The molecule has 0 aliphatic heterocycles. The normalized spacial score (nSPS) is 23.5. The van der Waals surface area contributed by atoms with Gasteiger partial charge < -0.3 is 5.32 Å². The van der Waals surface area contributed by atoms with Crippen molar-refractivity contribution in [2.75, 3.05) is 0 Å². The lowest BCUT2D eigenvalue weighted by Gasteiger charge is -2.42. The van der Waals surface area contributed by atoms with E-state index in [0.717, 1.165) is 11.3 Å². The van der Waals surface area contributed by atoms with Crippen molar-refractivity contribution in [3.63, 3.8) is 0 Å². The molecule has 5 nitrogen and oxygen atoms in total. The van der Waals surface area contributed by atoms with Gasteiger partial charge in [-0.05, 0) is 23.8 Å². The zero-order valence-corrected chi connectivity index (χ0v) is 14.7. The van der Waals surface area contributed by atoms with E-state index in [4.69, 9.17) is 16.7 Å². The largest absolute Gasteiger partial charge is 0.349 e. The highest BCUT2D eigenvalue weighted by Crippen LogP contribution is 2.45. The van der Waals surface area contributed by atoms with Crippen LogP contribution in [0.3, 0.4) is 0 Å². The number of halogens is 2. The molecule has 128 valence electrons. The Morgan fingerprint density at radius 1 is 1.38 bits per heavy atom. The number of hydrogen-bond donors (Lipinski definition) is 2. The first-order valence-electron chi connectivity index (χ1n) is 7.04. The summed E-state index contributed by atoms with van der Waals surface area (Å²) in [5.74, 6) is -0.445. The van der Waals surface area contributed by atoms with Crippen LogP contribution in [0.4, 0.5) is 4.39 Å². The summed E-state index contributed by atoms with van der Waals surface area (Å²) >= 11 is 6.75. The quantitative estimate of drug-likeness (QED) is 0.843. The summed E-state index contributed by atoms with van der Waals surface area (Å²) < 4.78 is 37.1. The number of primary sulfonamides is 1. The van der Waals surface area contributed by atoms with Crippen LogP contribution in [0.15, 0.2) is 39.9 Å². The van der Waals surface area contributed by atoms with Gasteiger partial charge in [0.2, 0.25) is 10.0 Å². The molecule has 3 N–H and O–H groups in total. The van der Waals surface area contributed by atoms with E-state index >= 15 is 0 Å². The lowest BCUT2D eigenvalue weighted by atomic mass is 9.73. The van der Waals surface area contributed by atoms with E-state index < -0.39 is 21.6 Å². The number of nitrogens with two attached hydrogens (primary N) is 1. The second-order valence-electron chi connectivity index (χ2n) is 5.75. The van der Waals surface area contributed by atoms with Gasteiger partial charge in [0.05, 0.1) is 5.56 Å². The number of carbonyl (C=O) groups is 1. The number of thiophene rings is 1. The number of amides is 1. The molecule has 1 amide bonds. The molecule has 0 bridgehead atoms. The Hall–Kier alpha value is -1.48. The van der Waals surface area contributed by atoms with Gasteiger partial charge in [0.1, 0.15) is 9.88 Å². The summed E-state index contributed by atoms with van der Waals surface area (Å²) in [6, 6.07) is 7.50. The second-order valence-corrected chi connectivity index (χ2v) is 8.89. The highest BCUT2D eigenvalue weighted by molar-refractivity contribution is 7.91. The standard InChI is InChI=1S/C15H14ClFN2O3S2/c16-11-3-1-2-10(5-11)15(17)6-12(7-15)19-14(20)9-4-13(23-8-9)24(18,21)22/h1-5,8,12H,6-7H2,(H,19,20)(H2,18,21,22). The van der Waals surface area contributed by atoms with Crippen LogP contribution in [-0.4, -0.2) is 20.4 Å². The van der Waals surface area contributed by atoms with E-state index in [9.17, 15) is 17.6 Å². The summed E-state index contributed by atoms with van der Waals surface area (Å²) in [6.07, 6.45) is 0.288. The number of carbonyl (C=O) groups excluding carboxylic acids is 1. The highest BCUT2D eigenvalue weighted by atomic mass is 35.5. The number of sulfonamides is 1. The number of rotatable bonds is 4. The SMILES string of the molecule is NS(=O)(=O)c1cc(C(=O)NC2CC(F)(c3cccc(Cl)c3)C2)cs1. The van der Waals surface area contributed by atoms with E-state index in [1.54, 1.807) is 24.3 Å². The topological polar surface area (TPSA) is 89.3 Å². The van der Waals surface area contributed by atoms with Gasteiger partial charge in [-0.15, -0.1) is 11.3 Å². The molecule has 9 heteroatoms. The lowest BCUT2D eigenvalue weighted by Crippen LogP contribution is -2.51. The van der Waals surface area contributed by atoms with E-state index in [0.29, 0.717) is 10.6 Å². The molecule has 1 fully saturated rings. The van der Waals surface area contributed by atoms with E-state index in [1.807, 2.05) is 0 Å². The molecule has 0 atom stereocenters. The lowest BCUT2D eigenvalue weighted by molar-refractivity contribution is 0.0248. The Bertz CT molecular complexity index is 892. The van der Waals surface area contributed by atoms with Crippen molar-refractivity contribution in [3.8, 4) is 0 Å². The molecule has 0 saturated heterocycles. The monoisotopic (exact) mass is 388 g/mol. The van der Waals surface area contributed by atoms with E-state index in [-0.39, 0.29) is 28.7 Å². The summed E-state index contributed by atoms with van der Waals surface area (Å²) in [5, 5.41) is 9.58. The smallest absolute Gasteiger partial charge is 0.252 e. The molecule has 1 aromatic carbocycles. The minimum Gasteiger partial charge on any atom is -0.349 e. The van der Waals surface area contributed by atoms with Crippen molar-refractivity contribution < 1.29 is 17.6 Å². The molecule has 1 aliphatic carbocycles. The fraction of sp³-hybridized carbons (Fsp3) is 0.267. The molecule has 1 aliphatic rings. The average Bonchev–Trinajstić information content (AvgIpc) is 2.95. The zero-order chi connectivity index (χ0) is 17.5. The first-order valence-corrected chi connectivity index (χ1v) is 9.85. The molecule has 2 aromatic rings. The van der Waals surface area contributed by atoms with Crippen LogP contribution >= 0.6 is 22.9 Å². The maximum absolute atomic E-state index is 14.8. The van der Waals surface area contributed by atoms with Gasteiger partial charge in [-0.2, -0.15) is 0 Å². The van der Waals surface area contributed by atoms with Gasteiger partial charge >= 0.3 is 0 Å². The van der Waals surface area contributed by atoms with E-state index in [2.05, 4.69) is 5.32 Å². The molecular weight excluding hydrogens is 375 g/mol. The minimum absolute atomic E-state index is 0.0833. The zero-order valence-electron chi connectivity index (χ0n) is 12.3. The van der Waals surface area contributed by atoms with Gasteiger partial charge in [-0.1, -0.05) is 23.7 Å². The minimum atomic E-state index is -3.83. The Morgan fingerprint density at radius 2 is 2.08 bits per heavy atom. The molecule has 0 spiro atoms. The third-order valence-corrected chi connectivity index (χ3v) is 6.56. The highest BCUT2D eigenvalue weighted by Gasteiger charge is 2.47. The van der Waals surface area contributed by atoms with Crippen LogP contribution in [0.2, 0.25) is 5.02 Å². The van der Waals surface area contributed by atoms with Gasteiger partial charge in [0.15, 0.2) is 0 Å². The van der Waals surface area contributed by atoms with Crippen LogP contribution in [0, 0.1) is 0 Å². The summed E-state index contributed by atoms with van der Waals surface area (Å²) in [4.78, 5) is 12.1. The molecule has 0 unspecified atom stereocenters. The molecule has 24 heavy (non-hydrogen) atoms. The fourth-order valence-electron chi connectivity index (χ4n) is 2.68. The van der Waals surface area contributed by atoms with Gasteiger partial charge in [-0.25, -0.2) is 17.9 Å². The second kappa shape index (κ2) is 6.11. The Morgan fingerprint density at radius 3 is 2.67 bits per heavy atom. The fourth-order valence-corrected chi connectivity index (χ4v) is 4.46. The maximum Gasteiger partial charge on any atom is 0.252 e. The Balaban J connectivity index is 1.63. The summed E-state index contributed by atoms with van der Waals surface area (Å²) in [5.41, 5.74) is -0.820. The van der Waals surface area contributed by atoms with Crippen LogP contribution in [0.1, 0.15) is 28.8 Å². The molecule has 3 rings (SSSR count). The van der Waals surface area contributed by atoms with Crippen molar-refractivity contribution in [1.82, 2.24) is 5.32 Å². The predicted octanol–water partition coefficient (Wildman–Crippen LogP) is 2.81. The van der Waals surface area contributed by atoms with Crippen molar-refractivity contribution >= 4 is 38.9 Å². The Kier molecular flexibility index (Phi) is 4.41. The average molecular weight is 389 g/mol. The first-order chi connectivity index (χ1) is 11.2.